The molecule has 2 aliphatic rings. The standard InChI is InChI=1S/C10H18N2O2/c11-5-4-10(13)12-6-7-14-9-3-1-2-8(9)12/h8-9H,1-7,11H2. The summed E-state index contributed by atoms with van der Waals surface area (Å²) in [4.78, 5) is 13.7. The number of carbonyl (C=O) groups excluding carboxylic acids is 1. The average Bonchev–Trinajstić information content (AvgIpc) is 2.65. The predicted octanol–water partition coefficient (Wildman–Crippen LogP) is 0.115. The molecule has 2 fully saturated rings. The Balaban J connectivity index is 1.99. The van der Waals surface area contributed by atoms with Crippen LogP contribution in [0.2, 0.25) is 0 Å². The molecule has 2 rings (SSSR count). The van der Waals surface area contributed by atoms with Crippen LogP contribution in [0.4, 0.5) is 0 Å². The van der Waals surface area contributed by atoms with Gasteiger partial charge in [-0.2, -0.15) is 0 Å². The maximum atomic E-state index is 11.7. The van der Waals surface area contributed by atoms with Crippen molar-refractivity contribution < 1.29 is 9.53 Å². The second kappa shape index (κ2) is 4.28. The maximum Gasteiger partial charge on any atom is 0.224 e. The summed E-state index contributed by atoms with van der Waals surface area (Å²) < 4.78 is 5.64. The van der Waals surface area contributed by atoms with Crippen molar-refractivity contribution in [2.24, 2.45) is 5.73 Å². The maximum absolute atomic E-state index is 11.7. The smallest absolute Gasteiger partial charge is 0.224 e. The summed E-state index contributed by atoms with van der Waals surface area (Å²) in [5.74, 6) is 0.202. The van der Waals surface area contributed by atoms with Gasteiger partial charge in [0, 0.05) is 19.5 Å². The molecule has 2 atom stereocenters. The van der Waals surface area contributed by atoms with E-state index in [-0.39, 0.29) is 5.91 Å². The summed E-state index contributed by atoms with van der Waals surface area (Å²) in [6, 6.07) is 0.336. The first kappa shape index (κ1) is 9.93. The molecule has 1 aliphatic carbocycles. The van der Waals surface area contributed by atoms with E-state index in [1.807, 2.05) is 4.90 Å². The molecular weight excluding hydrogens is 180 g/mol. The summed E-state index contributed by atoms with van der Waals surface area (Å²) in [6.07, 6.45) is 4.16. The molecule has 1 saturated carbocycles. The molecule has 0 aromatic heterocycles. The second-order valence-electron chi connectivity index (χ2n) is 4.03. The van der Waals surface area contributed by atoms with Crippen molar-refractivity contribution in [3.05, 3.63) is 0 Å². The van der Waals surface area contributed by atoms with Crippen LogP contribution in [-0.4, -0.2) is 42.6 Å². The van der Waals surface area contributed by atoms with Gasteiger partial charge in [0.05, 0.1) is 18.8 Å². The lowest BCUT2D eigenvalue weighted by Crippen LogP contribution is -2.51. The molecule has 14 heavy (non-hydrogen) atoms. The summed E-state index contributed by atoms with van der Waals surface area (Å²) in [6.45, 7) is 1.89. The van der Waals surface area contributed by atoms with E-state index in [2.05, 4.69) is 0 Å². The van der Waals surface area contributed by atoms with E-state index in [0.717, 1.165) is 19.4 Å². The largest absolute Gasteiger partial charge is 0.374 e. The zero-order valence-corrected chi connectivity index (χ0v) is 8.45. The highest BCUT2D eigenvalue weighted by Crippen LogP contribution is 2.29. The van der Waals surface area contributed by atoms with Crippen LogP contribution in [0.15, 0.2) is 0 Å². The van der Waals surface area contributed by atoms with Crippen molar-refractivity contribution >= 4 is 5.91 Å². The van der Waals surface area contributed by atoms with Gasteiger partial charge in [0.15, 0.2) is 0 Å². The lowest BCUT2D eigenvalue weighted by molar-refractivity contribution is -0.143. The fourth-order valence-corrected chi connectivity index (χ4v) is 2.50. The molecule has 2 unspecified atom stereocenters. The minimum Gasteiger partial charge on any atom is -0.374 e. The lowest BCUT2D eigenvalue weighted by atomic mass is 10.1. The Labute approximate surface area is 84.4 Å². The molecule has 4 heteroatoms. The molecule has 1 saturated heterocycles. The molecular formula is C10H18N2O2. The zero-order chi connectivity index (χ0) is 9.97. The molecule has 0 bridgehead atoms. The monoisotopic (exact) mass is 198 g/mol. The van der Waals surface area contributed by atoms with Crippen LogP contribution < -0.4 is 5.73 Å². The van der Waals surface area contributed by atoms with Crippen molar-refractivity contribution in [1.29, 1.82) is 0 Å². The van der Waals surface area contributed by atoms with E-state index >= 15 is 0 Å². The Kier molecular flexibility index (Phi) is 3.03. The van der Waals surface area contributed by atoms with Crippen molar-refractivity contribution in [1.82, 2.24) is 4.90 Å². The van der Waals surface area contributed by atoms with Gasteiger partial charge >= 0.3 is 0 Å². The fraction of sp³-hybridized carbons (Fsp3) is 0.900. The number of fused-ring (bicyclic) bond motifs is 1. The average molecular weight is 198 g/mol. The number of amides is 1. The predicted molar refractivity (Wildman–Crippen MR) is 52.8 cm³/mol. The molecule has 80 valence electrons. The molecule has 1 amide bonds. The molecule has 0 aromatic rings. The minimum absolute atomic E-state index is 0.202. The normalized spacial score (nSPS) is 31.6. The Morgan fingerprint density at radius 1 is 1.50 bits per heavy atom. The van der Waals surface area contributed by atoms with Gasteiger partial charge in [-0.05, 0) is 19.3 Å². The van der Waals surface area contributed by atoms with E-state index in [9.17, 15) is 4.79 Å². The zero-order valence-electron chi connectivity index (χ0n) is 8.45. The summed E-state index contributed by atoms with van der Waals surface area (Å²) in [7, 11) is 0. The van der Waals surface area contributed by atoms with Gasteiger partial charge in [-0.25, -0.2) is 0 Å². The van der Waals surface area contributed by atoms with Gasteiger partial charge in [0.25, 0.3) is 0 Å². The highest BCUT2D eigenvalue weighted by Gasteiger charge is 2.37. The van der Waals surface area contributed by atoms with Gasteiger partial charge in [-0.1, -0.05) is 0 Å². The van der Waals surface area contributed by atoms with Crippen LogP contribution in [0, 0.1) is 0 Å². The van der Waals surface area contributed by atoms with Gasteiger partial charge < -0.3 is 15.4 Å². The number of morpholine rings is 1. The number of nitrogens with two attached hydrogens (primary N) is 1. The van der Waals surface area contributed by atoms with E-state index in [0.29, 0.717) is 31.7 Å². The van der Waals surface area contributed by atoms with Crippen LogP contribution in [0.5, 0.6) is 0 Å². The van der Waals surface area contributed by atoms with Crippen molar-refractivity contribution in [3.8, 4) is 0 Å². The number of nitrogens with zero attached hydrogens (tertiary/aromatic N) is 1. The first-order valence-corrected chi connectivity index (χ1v) is 5.44. The Bertz CT molecular complexity index is 220. The van der Waals surface area contributed by atoms with Crippen LogP contribution >= 0.6 is 0 Å². The van der Waals surface area contributed by atoms with Crippen molar-refractivity contribution in [2.45, 2.75) is 37.8 Å². The van der Waals surface area contributed by atoms with E-state index < -0.39 is 0 Å². The van der Waals surface area contributed by atoms with Gasteiger partial charge in [-0.15, -0.1) is 0 Å². The Hall–Kier alpha value is -0.610. The molecule has 1 aliphatic heterocycles. The molecule has 0 spiro atoms. The number of rotatable bonds is 2. The molecule has 0 aromatic carbocycles. The lowest BCUT2D eigenvalue weighted by Gasteiger charge is -2.37. The van der Waals surface area contributed by atoms with Crippen LogP contribution in [0.25, 0.3) is 0 Å². The molecule has 0 radical (unpaired) electrons. The minimum atomic E-state index is 0.202. The third-order valence-corrected chi connectivity index (χ3v) is 3.16. The Morgan fingerprint density at radius 3 is 3.14 bits per heavy atom. The van der Waals surface area contributed by atoms with E-state index in [1.165, 1.54) is 6.42 Å². The van der Waals surface area contributed by atoms with Gasteiger partial charge in [0.1, 0.15) is 0 Å². The SMILES string of the molecule is NCCC(=O)N1CCOC2CCCC21. The number of hydrogen-bond donors (Lipinski definition) is 1. The third-order valence-electron chi connectivity index (χ3n) is 3.16. The topological polar surface area (TPSA) is 55.6 Å². The number of hydrogen-bond acceptors (Lipinski definition) is 3. The quantitative estimate of drug-likeness (QED) is 0.685. The first-order valence-electron chi connectivity index (χ1n) is 5.44. The molecule has 2 N–H and O–H groups in total. The number of ether oxygens (including phenoxy) is 1. The van der Waals surface area contributed by atoms with E-state index in [4.69, 9.17) is 10.5 Å². The van der Waals surface area contributed by atoms with Crippen LogP contribution in [-0.2, 0) is 9.53 Å². The van der Waals surface area contributed by atoms with Crippen LogP contribution in [0.1, 0.15) is 25.7 Å². The molecule has 4 nitrogen and oxygen atoms in total. The van der Waals surface area contributed by atoms with Gasteiger partial charge in [0.2, 0.25) is 5.91 Å². The number of carbonyl (C=O) groups is 1. The second-order valence-corrected chi connectivity index (χ2v) is 4.03. The Morgan fingerprint density at radius 2 is 2.36 bits per heavy atom. The first-order chi connectivity index (χ1) is 6.83. The van der Waals surface area contributed by atoms with Crippen molar-refractivity contribution in [3.63, 3.8) is 0 Å². The van der Waals surface area contributed by atoms with E-state index in [1.54, 1.807) is 0 Å². The van der Waals surface area contributed by atoms with Gasteiger partial charge in [-0.3, -0.25) is 4.79 Å². The third kappa shape index (κ3) is 1.77. The summed E-state index contributed by atoms with van der Waals surface area (Å²) in [5.41, 5.74) is 5.39. The van der Waals surface area contributed by atoms with Crippen molar-refractivity contribution in [2.75, 3.05) is 19.7 Å². The van der Waals surface area contributed by atoms with Crippen LogP contribution in [0.3, 0.4) is 0 Å². The highest BCUT2D eigenvalue weighted by atomic mass is 16.5. The fourth-order valence-electron chi connectivity index (χ4n) is 2.50. The summed E-state index contributed by atoms with van der Waals surface area (Å²) >= 11 is 0. The molecule has 1 heterocycles. The summed E-state index contributed by atoms with van der Waals surface area (Å²) in [5, 5.41) is 0. The highest BCUT2D eigenvalue weighted by molar-refractivity contribution is 5.77.